The van der Waals surface area contributed by atoms with Gasteiger partial charge in [0.2, 0.25) is 10.0 Å². The van der Waals surface area contributed by atoms with E-state index < -0.39 is 10.0 Å². The van der Waals surface area contributed by atoms with Crippen LogP contribution in [0.5, 0.6) is 23.0 Å². The van der Waals surface area contributed by atoms with Crippen LogP contribution in [0.4, 0.5) is 0 Å². The molecule has 28 heavy (non-hydrogen) atoms. The van der Waals surface area contributed by atoms with E-state index in [1.165, 1.54) is 12.1 Å². The van der Waals surface area contributed by atoms with E-state index in [9.17, 15) is 18.6 Å². The highest BCUT2D eigenvalue weighted by Crippen LogP contribution is 2.38. The number of benzene rings is 2. The smallest absolute Gasteiger partial charge is 0.232 e. The Bertz CT molecular complexity index is 1010. The van der Waals surface area contributed by atoms with Crippen molar-refractivity contribution < 1.29 is 23.4 Å². The Balaban J connectivity index is 1.61. The summed E-state index contributed by atoms with van der Waals surface area (Å²) in [4.78, 5) is 0. The maximum absolute atomic E-state index is 12.1. The maximum atomic E-state index is 12.1. The van der Waals surface area contributed by atoms with E-state index in [1.807, 2.05) is 24.3 Å². The van der Waals surface area contributed by atoms with Gasteiger partial charge in [-0.1, -0.05) is 18.6 Å². The van der Waals surface area contributed by atoms with Crippen molar-refractivity contribution in [1.82, 2.24) is 4.72 Å². The van der Waals surface area contributed by atoms with Gasteiger partial charge in [-0.05, 0) is 61.1 Å². The number of ether oxygens (including phenoxy) is 1. The standard InChI is InChI=1S/C21H23NO5S/c23-19-10-9-17(13-20(19)24)27-16-7-5-14(6-8-16)18-4-2-1-3-15-11-12-28(25,26)22-21(15)18/h5-10,13,15,22-24H,1-4,11-12H2. The summed E-state index contributed by atoms with van der Waals surface area (Å²) in [5.41, 5.74) is 2.92. The van der Waals surface area contributed by atoms with Crippen molar-refractivity contribution in [1.29, 1.82) is 0 Å². The number of aromatic hydroxyl groups is 2. The third-order valence-corrected chi connectivity index (χ3v) is 6.65. The van der Waals surface area contributed by atoms with E-state index in [2.05, 4.69) is 4.72 Å². The molecule has 1 fully saturated rings. The fraction of sp³-hybridized carbons (Fsp3) is 0.333. The second-order valence-electron chi connectivity index (χ2n) is 7.32. The molecule has 1 aliphatic heterocycles. The molecular weight excluding hydrogens is 378 g/mol. The fourth-order valence-electron chi connectivity index (χ4n) is 3.89. The largest absolute Gasteiger partial charge is 0.504 e. The first-order chi connectivity index (χ1) is 13.4. The van der Waals surface area contributed by atoms with Gasteiger partial charge in [-0.15, -0.1) is 0 Å². The minimum absolute atomic E-state index is 0.195. The maximum Gasteiger partial charge on any atom is 0.232 e. The first kappa shape index (κ1) is 18.7. The van der Waals surface area contributed by atoms with Crippen LogP contribution in [0.3, 0.4) is 0 Å². The number of phenolic OH excluding ortho intramolecular Hbond substituents is 2. The second-order valence-corrected chi connectivity index (χ2v) is 9.16. The molecule has 2 aliphatic rings. The van der Waals surface area contributed by atoms with Gasteiger partial charge in [0.15, 0.2) is 11.5 Å². The lowest BCUT2D eigenvalue weighted by atomic mass is 9.93. The van der Waals surface area contributed by atoms with Crippen LogP contribution < -0.4 is 9.46 Å². The van der Waals surface area contributed by atoms with Gasteiger partial charge in [0.25, 0.3) is 0 Å². The normalized spacial score (nSPS) is 21.4. The molecule has 2 aromatic carbocycles. The molecule has 0 bridgehead atoms. The van der Waals surface area contributed by atoms with Gasteiger partial charge < -0.3 is 14.9 Å². The molecular formula is C21H23NO5S. The quantitative estimate of drug-likeness (QED) is 0.673. The molecule has 6 nitrogen and oxygen atoms in total. The molecule has 1 aliphatic carbocycles. The van der Waals surface area contributed by atoms with Gasteiger partial charge in [-0.2, -0.15) is 0 Å². The molecule has 1 unspecified atom stereocenters. The van der Waals surface area contributed by atoms with Gasteiger partial charge in [0.1, 0.15) is 11.5 Å². The lowest BCUT2D eigenvalue weighted by Crippen LogP contribution is -2.36. The number of fused-ring (bicyclic) bond motifs is 1. The number of sulfonamides is 1. The van der Waals surface area contributed by atoms with Crippen molar-refractivity contribution in [3.63, 3.8) is 0 Å². The zero-order valence-corrected chi connectivity index (χ0v) is 16.2. The zero-order chi connectivity index (χ0) is 19.7. The highest BCUT2D eigenvalue weighted by Gasteiger charge is 2.31. The topological polar surface area (TPSA) is 95.9 Å². The van der Waals surface area contributed by atoms with Gasteiger partial charge in [0, 0.05) is 17.7 Å². The number of rotatable bonds is 3. The fourth-order valence-corrected chi connectivity index (χ4v) is 5.22. The lowest BCUT2D eigenvalue weighted by molar-refractivity contribution is 0.398. The molecule has 1 atom stereocenters. The minimum atomic E-state index is -3.24. The molecule has 1 saturated heterocycles. The van der Waals surface area contributed by atoms with Gasteiger partial charge in [0.05, 0.1) is 5.75 Å². The summed E-state index contributed by atoms with van der Waals surface area (Å²) in [6.45, 7) is 0. The monoisotopic (exact) mass is 401 g/mol. The van der Waals surface area contributed by atoms with Crippen molar-refractivity contribution in [3.05, 3.63) is 53.7 Å². The van der Waals surface area contributed by atoms with Crippen LogP contribution in [-0.4, -0.2) is 24.4 Å². The summed E-state index contributed by atoms with van der Waals surface area (Å²) in [7, 11) is -3.24. The number of hydrogen-bond acceptors (Lipinski definition) is 5. The van der Waals surface area contributed by atoms with E-state index in [-0.39, 0.29) is 23.2 Å². The van der Waals surface area contributed by atoms with E-state index in [4.69, 9.17) is 4.74 Å². The van der Waals surface area contributed by atoms with Gasteiger partial charge in [-0.3, -0.25) is 4.72 Å². The van der Waals surface area contributed by atoms with Crippen LogP contribution in [0.25, 0.3) is 5.57 Å². The Morgan fingerprint density at radius 1 is 0.929 bits per heavy atom. The Kier molecular flexibility index (Phi) is 4.93. The highest BCUT2D eigenvalue weighted by atomic mass is 32.2. The molecule has 1 heterocycles. The number of hydrogen-bond donors (Lipinski definition) is 3. The molecule has 0 saturated carbocycles. The molecule has 148 valence electrons. The number of nitrogens with one attached hydrogen (secondary N) is 1. The number of phenols is 2. The Labute approximate surface area is 164 Å². The van der Waals surface area contributed by atoms with Crippen molar-refractivity contribution in [2.45, 2.75) is 32.1 Å². The first-order valence-corrected chi connectivity index (χ1v) is 11.1. The van der Waals surface area contributed by atoms with Crippen molar-refractivity contribution >= 4 is 15.6 Å². The SMILES string of the molecule is O=S1(=O)CCC2CCCCC(c3ccc(Oc4ccc(O)c(O)c4)cc3)=C2N1. The van der Waals surface area contributed by atoms with Crippen LogP contribution in [0.2, 0.25) is 0 Å². The average molecular weight is 401 g/mol. The zero-order valence-electron chi connectivity index (χ0n) is 15.4. The predicted molar refractivity (Wildman–Crippen MR) is 107 cm³/mol. The molecule has 2 aromatic rings. The summed E-state index contributed by atoms with van der Waals surface area (Å²) < 4.78 is 32.7. The van der Waals surface area contributed by atoms with Crippen LogP contribution in [0, 0.1) is 5.92 Å². The van der Waals surface area contributed by atoms with Crippen LogP contribution in [0.15, 0.2) is 48.2 Å². The van der Waals surface area contributed by atoms with Crippen LogP contribution in [0.1, 0.15) is 37.7 Å². The lowest BCUT2D eigenvalue weighted by Gasteiger charge is -2.28. The minimum Gasteiger partial charge on any atom is -0.504 e. The third-order valence-electron chi connectivity index (χ3n) is 5.35. The Morgan fingerprint density at radius 3 is 2.43 bits per heavy atom. The Morgan fingerprint density at radius 2 is 1.68 bits per heavy atom. The summed E-state index contributed by atoms with van der Waals surface area (Å²) in [5.74, 6) is 1.04. The summed E-state index contributed by atoms with van der Waals surface area (Å²) in [6, 6.07) is 11.8. The second kappa shape index (κ2) is 7.39. The molecule has 0 spiro atoms. The third kappa shape index (κ3) is 3.94. The van der Waals surface area contributed by atoms with Gasteiger partial charge in [-0.25, -0.2) is 8.42 Å². The van der Waals surface area contributed by atoms with Crippen molar-refractivity contribution in [2.75, 3.05) is 5.75 Å². The highest BCUT2D eigenvalue weighted by molar-refractivity contribution is 7.89. The predicted octanol–water partition coefficient (Wildman–Crippen LogP) is 4.11. The molecule has 0 radical (unpaired) electrons. The summed E-state index contributed by atoms with van der Waals surface area (Å²) in [5, 5.41) is 19.0. The Hall–Kier alpha value is -2.67. The van der Waals surface area contributed by atoms with E-state index in [0.717, 1.165) is 42.5 Å². The van der Waals surface area contributed by atoms with Crippen molar-refractivity contribution in [3.8, 4) is 23.0 Å². The number of allylic oxidation sites excluding steroid dienone is 2. The molecule has 0 amide bonds. The summed E-state index contributed by atoms with van der Waals surface area (Å²) in [6.07, 6.45) is 4.69. The van der Waals surface area contributed by atoms with Crippen molar-refractivity contribution in [2.24, 2.45) is 5.92 Å². The molecule has 7 heteroatoms. The van der Waals surface area contributed by atoms with Crippen LogP contribution in [-0.2, 0) is 10.0 Å². The van der Waals surface area contributed by atoms with Gasteiger partial charge >= 0.3 is 0 Å². The summed E-state index contributed by atoms with van der Waals surface area (Å²) >= 11 is 0. The molecule has 4 rings (SSSR count). The van der Waals surface area contributed by atoms with E-state index in [0.29, 0.717) is 17.9 Å². The molecule has 3 N–H and O–H groups in total. The molecule has 0 aromatic heterocycles. The van der Waals surface area contributed by atoms with E-state index >= 15 is 0 Å². The van der Waals surface area contributed by atoms with E-state index in [1.54, 1.807) is 6.07 Å². The van der Waals surface area contributed by atoms with Crippen LogP contribution >= 0.6 is 0 Å². The first-order valence-electron chi connectivity index (χ1n) is 9.45. The average Bonchev–Trinajstić information content (AvgIpc) is 2.87.